The molecule has 0 aliphatic rings. The van der Waals surface area contributed by atoms with Crippen LogP contribution in [0.1, 0.15) is 30.4 Å². The Morgan fingerprint density at radius 1 is 1.06 bits per heavy atom. The van der Waals surface area contributed by atoms with E-state index in [1.165, 1.54) is 5.56 Å². The second-order valence-electron chi connectivity index (χ2n) is 7.44. The van der Waals surface area contributed by atoms with Gasteiger partial charge in [-0.1, -0.05) is 18.2 Å². The number of fused-ring (bicyclic) bond motifs is 1. The number of hydrogen-bond acceptors (Lipinski definition) is 7. The molecule has 0 bridgehead atoms. The number of rotatable bonds is 15. The van der Waals surface area contributed by atoms with Crippen LogP contribution in [0, 0.1) is 0 Å². The van der Waals surface area contributed by atoms with E-state index in [1.807, 2.05) is 36.4 Å². The minimum absolute atomic E-state index is 0.159. The molecule has 0 saturated carbocycles. The molecule has 3 aromatic rings. The Morgan fingerprint density at radius 2 is 1.97 bits per heavy atom. The molecule has 8 nitrogen and oxygen atoms in total. The summed E-state index contributed by atoms with van der Waals surface area (Å²) < 4.78 is 25.9. The van der Waals surface area contributed by atoms with Crippen LogP contribution in [-0.4, -0.2) is 36.7 Å². The fourth-order valence-corrected chi connectivity index (χ4v) is 3.68. The maximum absolute atomic E-state index is 10.4. The molecule has 9 heteroatoms. The molecule has 2 N–H and O–H groups in total. The van der Waals surface area contributed by atoms with Gasteiger partial charge in [0.15, 0.2) is 0 Å². The lowest BCUT2D eigenvalue weighted by atomic mass is 10.1. The van der Waals surface area contributed by atoms with Crippen molar-refractivity contribution in [2.24, 2.45) is 0 Å². The van der Waals surface area contributed by atoms with Gasteiger partial charge in [0, 0.05) is 29.2 Å². The molecule has 2 aromatic carbocycles. The van der Waals surface area contributed by atoms with Crippen molar-refractivity contribution in [3.63, 3.8) is 0 Å². The third-order valence-corrected chi connectivity index (χ3v) is 5.34. The van der Waals surface area contributed by atoms with Gasteiger partial charge in [0.1, 0.15) is 11.5 Å². The number of hydrogen-bond donors (Lipinski definition) is 2. The largest absolute Gasteiger partial charge is 0.725 e. The summed E-state index contributed by atoms with van der Waals surface area (Å²) in [5.41, 5.74) is 3.21. The Morgan fingerprint density at radius 3 is 2.82 bits per heavy atom. The number of aryl methyl sites for hydroxylation is 1. The van der Waals surface area contributed by atoms with Crippen LogP contribution >= 0.6 is 8.25 Å². The molecule has 0 radical (unpaired) electrons. The van der Waals surface area contributed by atoms with Crippen LogP contribution in [0.4, 0.5) is 0 Å². The molecular weight excluding hydrogens is 443 g/mol. The molecule has 0 saturated heterocycles. The zero-order chi connectivity index (χ0) is 23.3. The normalized spacial score (nSPS) is 11.5. The first kappa shape index (κ1) is 25.0. The highest BCUT2D eigenvalue weighted by Crippen LogP contribution is 2.27. The number of ether oxygens (including phenoxy) is 2. The van der Waals surface area contributed by atoms with Gasteiger partial charge in [-0.25, -0.2) is 0 Å². The van der Waals surface area contributed by atoms with Crippen LogP contribution in [0.25, 0.3) is 10.9 Å². The van der Waals surface area contributed by atoms with Crippen LogP contribution in [0.2, 0.25) is 0 Å². The number of nitrogens with zero attached hydrogens (tertiary/aromatic N) is 1. The van der Waals surface area contributed by atoms with Gasteiger partial charge >= 0.3 is 8.25 Å². The average molecular weight is 473 g/mol. The minimum Gasteiger partial charge on any atom is -0.497 e. The van der Waals surface area contributed by atoms with Crippen molar-refractivity contribution in [2.45, 2.75) is 32.2 Å². The molecule has 3 rings (SSSR count). The second-order valence-corrected chi connectivity index (χ2v) is 8.07. The minimum atomic E-state index is -2.74. The topological polar surface area (TPSA) is 99.1 Å². The smallest absolute Gasteiger partial charge is 0.497 e. The summed E-state index contributed by atoms with van der Waals surface area (Å²) in [6, 6.07) is 16.1. The number of benzene rings is 2. The lowest BCUT2D eigenvalue weighted by Crippen LogP contribution is -2.19. The van der Waals surface area contributed by atoms with Gasteiger partial charge in [-0.3, -0.25) is 4.98 Å². The first-order valence-corrected chi connectivity index (χ1v) is 12.1. The monoisotopic (exact) mass is 473 g/mol. The maximum atomic E-state index is 10.4. The number of aromatic nitrogens is 1. The fourth-order valence-electron chi connectivity index (χ4n) is 3.51. The Kier molecular flexibility index (Phi) is 10.5. The molecule has 0 aliphatic heterocycles. The summed E-state index contributed by atoms with van der Waals surface area (Å²) >= 11 is 0. The fraction of sp³-hybridized carbons (Fsp3) is 0.375. The van der Waals surface area contributed by atoms with Gasteiger partial charge in [-0.05, 0) is 67.1 Å². The Bertz CT molecular complexity index is 1030. The summed E-state index contributed by atoms with van der Waals surface area (Å²) in [5.74, 6) is 1.73. The van der Waals surface area contributed by atoms with E-state index in [9.17, 15) is 4.57 Å². The summed E-state index contributed by atoms with van der Waals surface area (Å²) in [6.45, 7) is 1.86. The molecule has 1 atom stereocenters. The molecule has 0 amide bonds. The van der Waals surface area contributed by atoms with Crippen LogP contribution in [-0.2, 0) is 27.1 Å². The summed E-state index contributed by atoms with van der Waals surface area (Å²) in [4.78, 5) is 17.7. The summed E-state index contributed by atoms with van der Waals surface area (Å²) in [7, 11) is -1.05. The predicted octanol–water partition coefficient (Wildman–Crippen LogP) is 4.72. The van der Waals surface area contributed by atoms with Gasteiger partial charge < -0.3 is 14.8 Å². The molecule has 1 unspecified atom stereocenters. The molecule has 1 aromatic heterocycles. The van der Waals surface area contributed by atoms with Gasteiger partial charge in [0.2, 0.25) is 0 Å². The van der Waals surface area contributed by atoms with Crippen molar-refractivity contribution in [3.8, 4) is 11.5 Å². The highest BCUT2D eigenvalue weighted by Gasteiger charge is 2.13. The lowest BCUT2D eigenvalue weighted by Gasteiger charge is -2.12. The van der Waals surface area contributed by atoms with E-state index < -0.39 is 8.25 Å². The van der Waals surface area contributed by atoms with Gasteiger partial charge in [-0.2, -0.15) is 4.89 Å². The predicted molar refractivity (Wildman–Crippen MR) is 126 cm³/mol. The summed E-state index contributed by atoms with van der Waals surface area (Å²) in [5, 5.41) is 4.18. The van der Waals surface area contributed by atoms with Crippen molar-refractivity contribution in [3.05, 3.63) is 65.9 Å². The lowest BCUT2D eigenvalue weighted by molar-refractivity contribution is -0.205. The molecular formula is C24H30N2O6P+. The number of methoxy groups -OCH3 is 1. The standard InChI is InChI=1S/C24H29N2O6P/c1-29-21-9-5-8-19(17-21)7-3-2-4-15-30-23-12-11-20(24-22(23)10-6-13-26-24)18-25-14-16-31-32-33(27)28/h5-6,8-13,17,25H,2-4,7,14-16,18H2,1H3/p+1. The number of pyridine rings is 1. The van der Waals surface area contributed by atoms with Crippen molar-refractivity contribution >= 4 is 19.2 Å². The molecule has 33 heavy (non-hydrogen) atoms. The van der Waals surface area contributed by atoms with Crippen molar-refractivity contribution < 1.29 is 28.5 Å². The van der Waals surface area contributed by atoms with Crippen molar-refractivity contribution in [1.29, 1.82) is 0 Å². The van der Waals surface area contributed by atoms with Gasteiger partial charge in [-0.15, -0.1) is 4.89 Å². The summed E-state index contributed by atoms with van der Waals surface area (Å²) in [6.07, 6.45) is 5.97. The first-order valence-electron chi connectivity index (χ1n) is 11.0. The number of nitrogens with one attached hydrogen (secondary N) is 1. The highest BCUT2D eigenvalue weighted by molar-refractivity contribution is 7.31. The quantitative estimate of drug-likeness (QED) is 0.142. The average Bonchev–Trinajstić information content (AvgIpc) is 2.84. The van der Waals surface area contributed by atoms with Crippen LogP contribution in [0.15, 0.2) is 54.7 Å². The highest BCUT2D eigenvalue weighted by atomic mass is 31.1. The molecule has 0 spiro atoms. The first-order chi connectivity index (χ1) is 16.2. The molecule has 0 fully saturated rings. The molecule has 1 heterocycles. The van der Waals surface area contributed by atoms with E-state index >= 15 is 0 Å². The van der Waals surface area contributed by atoms with Gasteiger partial charge in [0.05, 0.1) is 30.5 Å². The molecule has 176 valence electrons. The molecule has 0 aliphatic carbocycles. The van der Waals surface area contributed by atoms with E-state index in [1.54, 1.807) is 13.3 Å². The van der Waals surface area contributed by atoms with Crippen LogP contribution in [0.5, 0.6) is 11.5 Å². The Labute approximate surface area is 194 Å². The third kappa shape index (κ3) is 8.35. The third-order valence-electron chi connectivity index (χ3n) is 5.11. The second kappa shape index (κ2) is 13.8. The van der Waals surface area contributed by atoms with Crippen molar-refractivity contribution in [1.82, 2.24) is 10.3 Å². The van der Waals surface area contributed by atoms with Crippen molar-refractivity contribution in [2.75, 3.05) is 26.9 Å². The SMILES string of the molecule is COc1cccc(CCCCCOc2ccc(CNCCOO[P+](=O)O)c3ncccc23)c1. The van der Waals surface area contributed by atoms with E-state index in [0.717, 1.165) is 53.6 Å². The Balaban J connectivity index is 1.44. The van der Waals surface area contributed by atoms with Gasteiger partial charge in [0.25, 0.3) is 0 Å². The van der Waals surface area contributed by atoms with E-state index in [0.29, 0.717) is 19.7 Å². The van der Waals surface area contributed by atoms with Crippen LogP contribution < -0.4 is 14.8 Å². The van der Waals surface area contributed by atoms with E-state index in [-0.39, 0.29) is 6.61 Å². The number of unbranched alkanes of at least 4 members (excludes halogenated alkanes) is 2. The maximum Gasteiger partial charge on any atom is 0.725 e. The van der Waals surface area contributed by atoms with E-state index in [4.69, 9.17) is 14.4 Å². The Hall–Kier alpha value is -2.61. The van der Waals surface area contributed by atoms with Crippen LogP contribution in [0.3, 0.4) is 0 Å². The zero-order valence-electron chi connectivity index (χ0n) is 18.7. The van der Waals surface area contributed by atoms with E-state index in [2.05, 4.69) is 32.0 Å². The zero-order valence-corrected chi connectivity index (χ0v) is 19.6.